The van der Waals surface area contributed by atoms with Gasteiger partial charge in [0.1, 0.15) is 5.54 Å². The van der Waals surface area contributed by atoms with E-state index in [1.165, 1.54) is 0 Å². The molecule has 98 valence electrons. The van der Waals surface area contributed by atoms with Crippen molar-refractivity contribution in [1.29, 1.82) is 0 Å². The van der Waals surface area contributed by atoms with Crippen LogP contribution in [0.4, 0.5) is 5.69 Å². The van der Waals surface area contributed by atoms with Crippen molar-refractivity contribution in [2.75, 3.05) is 11.9 Å². The van der Waals surface area contributed by atoms with Gasteiger partial charge in [-0.15, -0.1) is 0 Å². The predicted octanol–water partition coefficient (Wildman–Crippen LogP) is 2.17. The maximum atomic E-state index is 11.8. The lowest BCUT2D eigenvalue weighted by molar-refractivity contribution is -0.127. The van der Waals surface area contributed by atoms with Gasteiger partial charge in [-0.25, -0.2) is 0 Å². The third-order valence-corrected chi connectivity index (χ3v) is 3.62. The van der Waals surface area contributed by atoms with Crippen molar-refractivity contribution in [2.24, 2.45) is 5.73 Å². The zero-order valence-electron chi connectivity index (χ0n) is 10.3. The highest BCUT2D eigenvalue weighted by Gasteiger charge is 2.41. The fraction of sp³-hybridized carbons (Fsp3) is 0.462. The first-order valence-corrected chi connectivity index (χ1v) is 6.35. The van der Waals surface area contributed by atoms with Crippen LogP contribution in [0.1, 0.15) is 19.8 Å². The molecule has 0 bridgehead atoms. The Morgan fingerprint density at radius 2 is 2.28 bits per heavy atom. The molecule has 2 unspecified atom stereocenters. The van der Waals surface area contributed by atoms with E-state index in [0.717, 1.165) is 5.69 Å². The Morgan fingerprint density at radius 3 is 2.89 bits per heavy atom. The largest absolute Gasteiger partial charge is 0.378 e. The van der Waals surface area contributed by atoms with Gasteiger partial charge in [-0.2, -0.15) is 0 Å². The Balaban J connectivity index is 2.26. The normalized spacial score (nSPS) is 27.8. The summed E-state index contributed by atoms with van der Waals surface area (Å²) < 4.78 is 5.47. The number of nitrogens with one attached hydrogen (secondary N) is 1. The third kappa shape index (κ3) is 2.60. The molecule has 1 aromatic carbocycles. The molecule has 1 fully saturated rings. The van der Waals surface area contributed by atoms with E-state index in [0.29, 0.717) is 24.5 Å². The lowest BCUT2D eigenvalue weighted by atomic mass is 9.86. The maximum Gasteiger partial charge on any atom is 0.243 e. The highest BCUT2D eigenvalue weighted by Crippen LogP contribution is 2.31. The van der Waals surface area contributed by atoms with E-state index in [1.807, 2.05) is 25.1 Å². The van der Waals surface area contributed by atoms with Crippen LogP contribution in [0.25, 0.3) is 0 Å². The van der Waals surface area contributed by atoms with Crippen LogP contribution >= 0.6 is 11.6 Å². The Morgan fingerprint density at radius 1 is 1.56 bits per heavy atom. The number of rotatable bonds is 3. The van der Waals surface area contributed by atoms with Crippen LogP contribution in [0.15, 0.2) is 24.3 Å². The zero-order valence-corrected chi connectivity index (χ0v) is 11.0. The van der Waals surface area contributed by atoms with Crippen molar-refractivity contribution in [3.8, 4) is 0 Å². The van der Waals surface area contributed by atoms with E-state index in [1.54, 1.807) is 6.07 Å². The quantitative estimate of drug-likeness (QED) is 0.883. The molecule has 1 amide bonds. The summed E-state index contributed by atoms with van der Waals surface area (Å²) in [6.45, 7) is 2.45. The molecule has 1 saturated heterocycles. The minimum absolute atomic E-state index is 0.00115. The molecule has 1 aromatic rings. The summed E-state index contributed by atoms with van der Waals surface area (Å²) in [6.07, 6.45) is 1.10. The number of hydrogen-bond donors (Lipinski definition) is 2. The molecule has 0 aliphatic carbocycles. The first kappa shape index (κ1) is 13.2. The van der Waals surface area contributed by atoms with E-state index in [2.05, 4.69) is 5.32 Å². The highest BCUT2D eigenvalue weighted by molar-refractivity contribution is 6.33. The van der Waals surface area contributed by atoms with Crippen LogP contribution in [0.3, 0.4) is 0 Å². The summed E-state index contributed by atoms with van der Waals surface area (Å²) in [6, 6.07) is 7.33. The van der Waals surface area contributed by atoms with Gasteiger partial charge in [-0.1, -0.05) is 23.7 Å². The molecular weight excluding hydrogens is 252 g/mol. The van der Waals surface area contributed by atoms with E-state index >= 15 is 0 Å². The van der Waals surface area contributed by atoms with Crippen LogP contribution < -0.4 is 11.1 Å². The number of hydrogen-bond acceptors (Lipinski definition) is 3. The topological polar surface area (TPSA) is 64.3 Å². The van der Waals surface area contributed by atoms with Gasteiger partial charge in [0.2, 0.25) is 5.91 Å². The molecule has 0 spiro atoms. The van der Waals surface area contributed by atoms with Gasteiger partial charge in [0.05, 0.1) is 16.8 Å². The fourth-order valence-electron chi connectivity index (χ4n) is 2.31. The number of amides is 1. The number of ether oxygens (including phenoxy) is 1. The standard InChI is InChI=1S/C13H17ClN2O2/c1-9-8-13(12(15)17,6-7-18-9)16-11-5-3-2-4-10(11)14/h2-5,9,16H,6-8H2,1H3,(H2,15,17). The Bertz CT molecular complexity index is 452. The highest BCUT2D eigenvalue weighted by atomic mass is 35.5. The van der Waals surface area contributed by atoms with E-state index in [-0.39, 0.29) is 12.0 Å². The summed E-state index contributed by atoms with van der Waals surface area (Å²) in [4.78, 5) is 11.8. The van der Waals surface area contributed by atoms with Crippen molar-refractivity contribution in [2.45, 2.75) is 31.4 Å². The van der Waals surface area contributed by atoms with E-state index in [9.17, 15) is 4.79 Å². The van der Waals surface area contributed by atoms with Gasteiger partial charge in [0.25, 0.3) is 0 Å². The molecule has 1 aliphatic heterocycles. The molecule has 0 radical (unpaired) electrons. The maximum absolute atomic E-state index is 11.8. The summed E-state index contributed by atoms with van der Waals surface area (Å²) in [5.74, 6) is -0.363. The average molecular weight is 269 g/mol. The molecule has 3 N–H and O–H groups in total. The number of carbonyl (C=O) groups is 1. The molecule has 0 saturated carbocycles. The predicted molar refractivity (Wildman–Crippen MR) is 71.6 cm³/mol. The van der Waals surface area contributed by atoms with Crippen LogP contribution in [-0.4, -0.2) is 24.2 Å². The number of primary amides is 1. The Hall–Kier alpha value is -1.26. The molecular formula is C13H17ClN2O2. The number of benzene rings is 1. The minimum Gasteiger partial charge on any atom is -0.378 e. The number of para-hydroxylation sites is 1. The van der Waals surface area contributed by atoms with Crippen LogP contribution in [-0.2, 0) is 9.53 Å². The second-order valence-corrected chi connectivity index (χ2v) is 5.09. The molecule has 1 heterocycles. The van der Waals surface area contributed by atoms with Gasteiger partial charge >= 0.3 is 0 Å². The van der Waals surface area contributed by atoms with Gasteiger partial charge in [-0.3, -0.25) is 4.79 Å². The number of nitrogens with two attached hydrogens (primary N) is 1. The molecule has 2 atom stereocenters. The number of carbonyl (C=O) groups excluding carboxylic acids is 1. The smallest absolute Gasteiger partial charge is 0.243 e. The lowest BCUT2D eigenvalue weighted by Gasteiger charge is -2.39. The average Bonchev–Trinajstić information content (AvgIpc) is 2.32. The Labute approximate surface area is 111 Å². The number of halogens is 1. The summed E-state index contributed by atoms with van der Waals surface area (Å²) in [5.41, 5.74) is 5.52. The van der Waals surface area contributed by atoms with Crippen LogP contribution in [0, 0.1) is 0 Å². The molecule has 2 rings (SSSR count). The zero-order chi connectivity index (χ0) is 13.2. The van der Waals surface area contributed by atoms with Crippen molar-refractivity contribution in [1.82, 2.24) is 0 Å². The molecule has 5 heteroatoms. The van der Waals surface area contributed by atoms with E-state index < -0.39 is 5.54 Å². The van der Waals surface area contributed by atoms with Crippen molar-refractivity contribution < 1.29 is 9.53 Å². The number of anilines is 1. The summed E-state index contributed by atoms with van der Waals surface area (Å²) in [7, 11) is 0. The molecule has 1 aliphatic rings. The van der Waals surface area contributed by atoms with Crippen LogP contribution in [0.5, 0.6) is 0 Å². The van der Waals surface area contributed by atoms with Crippen molar-refractivity contribution in [3.63, 3.8) is 0 Å². The SMILES string of the molecule is CC1CC(Nc2ccccc2Cl)(C(N)=O)CCO1. The second-order valence-electron chi connectivity index (χ2n) is 4.69. The first-order valence-electron chi connectivity index (χ1n) is 5.98. The lowest BCUT2D eigenvalue weighted by Crippen LogP contribution is -2.55. The summed E-state index contributed by atoms with van der Waals surface area (Å²) >= 11 is 6.10. The molecule has 18 heavy (non-hydrogen) atoms. The monoisotopic (exact) mass is 268 g/mol. The van der Waals surface area contributed by atoms with Gasteiger partial charge in [0, 0.05) is 19.4 Å². The fourth-order valence-corrected chi connectivity index (χ4v) is 2.49. The third-order valence-electron chi connectivity index (χ3n) is 3.29. The van der Waals surface area contributed by atoms with Crippen LogP contribution in [0.2, 0.25) is 5.02 Å². The van der Waals surface area contributed by atoms with Gasteiger partial charge < -0.3 is 15.8 Å². The Kier molecular flexibility index (Phi) is 3.78. The van der Waals surface area contributed by atoms with Gasteiger partial charge in [-0.05, 0) is 19.1 Å². The van der Waals surface area contributed by atoms with E-state index in [4.69, 9.17) is 22.1 Å². The van der Waals surface area contributed by atoms with Crippen molar-refractivity contribution in [3.05, 3.63) is 29.3 Å². The van der Waals surface area contributed by atoms with Gasteiger partial charge in [0.15, 0.2) is 0 Å². The minimum atomic E-state index is -0.775. The van der Waals surface area contributed by atoms with Crippen molar-refractivity contribution >= 4 is 23.2 Å². The molecule has 0 aromatic heterocycles. The second kappa shape index (κ2) is 5.16. The molecule has 4 nitrogen and oxygen atoms in total. The summed E-state index contributed by atoms with van der Waals surface area (Å²) in [5, 5.41) is 3.79. The first-order chi connectivity index (χ1) is 8.53.